The van der Waals surface area contributed by atoms with E-state index in [0.29, 0.717) is 15.8 Å². The van der Waals surface area contributed by atoms with Gasteiger partial charge in [0.25, 0.3) is 0 Å². The van der Waals surface area contributed by atoms with Gasteiger partial charge in [0.05, 0.1) is 26.7 Å². The molecule has 0 saturated carbocycles. The molecule has 0 aliphatic carbocycles. The molecule has 0 heterocycles. The molecule has 5 heteroatoms. The van der Waals surface area contributed by atoms with Crippen molar-refractivity contribution in [3.63, 3.8) is 0 Å². The second-order valence-corrected chi connectivity index (χ2v) is 4.01. The van der Waals surface area contributed by atoms with Gasteiger partial charge in [0, 0.05) is 10.0 Å². The van der Waals surface area contributed by atoms with Crippen LogP contribution in [0.2, 0.25) is 0 Å². The number of carbonyl (C=O) groups excluding carboxylic acids is 1. The highest BCUT2D eigenvalue weighted by Gasteiger charge is 2.19. The van der Waals surface area contributed by atoms with Gasteiger partial charge in [-0.2, -0.15) is 0 Å². The lowest BCUT2D eigenvalue weighted by Gasteiger charge is -2.15. The lowest BCUT2D eigenvalue weighted by molar-refractivity contribution is -0.142. The molecule has 0 amide bonds. The molecule has 0 aliphatic heterocycles. The first-order chi connectivity index (χ1) is 7.60. The summed E-state index contributed by atoms with van der Waals surface area (Å²) in [5.41, 5.74) is 0.551. The first-order valence-corrected chi connectivity index (χ1v) is 5.46. The van der Waals surface area contributed by atoms with Crippen LogP contribution in [0.15, 0.2) is 22.7 Å². The quantitative estimate of drug-likeness (QED) is 0.862. The van der Waals surface area contributed by atoms with Gasteiger partial charge in [0.1, 0.15) is 5.75 Å². The molecule has 88 valence electrons. The van der Waals surface area contributed by atoms with Crippen LogP contribution in [0.1, 0.15) is 18.1 Å². The Morgan fingerprint density at radius 2 is 2.19 bits per heavy atom. The molecule has 0 saturated heterocycles. The number of rotatable bonds is 4. The summed E-state index contributed by atoms with van der Waals surface area (Å²) in [6, 6.07) is 5.29. The van der Waals surface area contributed by atoms with E-state index < -0.39 is 12.1 Å². The van der Waals surface area contributed by atoms with E-state index in [1.54, 1.807) is 18.2 Å². The molecule has 1 aromatic carbocycles. The third-order valence-electron chi connectivity index (χ3n) is 2.15. The van der Waals surface area contributed by atoms with E-state index in [9.17, 15) is 9.90 Å². The minimum atomic E-state index is -0.946. The van der Waals surface area contributed by atoms with E-state index in [1.807, 2.05) is 0 Å². The van der Waals surface area contributed by atoms with Crippen LogP contribution in [0.25, 0.3) is 0 Å². The predicted octanol–water partition coefficient (Wildman–Crippen LogP) is 2.05. The fraction of sp³-hybridized carbons (Fsp3) is 0.364. The average molecular weight is 289 g/mol. The predicted molar refractivity (Wildman–Crippen MR) is 62.3 cm³/mol. The zero-order valence-electron chi connectivity index (χ0n) is 9.07. The molecule has 0 aromatic heterocycles. The Kier molecular flexibility index (Phi) is 4.76. The van der Waals surface area contributed by atoms with Crippen LogP contribution in [0.4, 0.5) is 0 Å². The Hall–Kier alpha value is -1.07. The third-order valence-corrected chi connectivity index (χ3v) is 2.85. The number of halogens is 1. The van der Waals surface area contributed by atoms with Gasteiger partial charge in [-0.05, 0) is 12.1 Å². The van der Waals surface area contributed by atoms with Crippen molar-refractivity contribution >= 4 is 21.9 Å². The molecule has 0 unspecified atom stereocenters. The van der Waals surface area contributed by atoms with Gasteiger partial charge in [-0.15, -0.1) is 0 Å². The third kappa shape index (κ3) is 2.96. The first-order valence-electron chi connectivity index (χ1n) is 4.67. The van der Waals surface area contributed by atoms with Crippen molar-refractivity contribution in [1.82, 2.24) is 0 Å². The molecule has 1 aromatic rings. The summed E-state index contributed by atoms with van der Waals surface area (Å²) in [6.45, 7) is 0. The number of ether oxygens (including phenoxy) is 2. The monoisotopic (exact) mass is 288 g/mol. The lowest BCUT2D eigenvalue weighted by Crippen LogP contribution is -2.09. The number of hydrogen-bond donors (Lipinski definition) is 1. The molecule has 0 fully saturated rings. The van der Waals surface area contributed by atoms with Gasteiger partial charge < -0.3 is 14.6 Å². The zero-order chi connectivity index (χ0) is 12.1. The van der Waals surface area contributed by atoms with E-state index in [2.05, 4.69) is 20.7 Å². The van der Waals surface area contributed by atoms with Gasteiger partial charge >= 0.3 is 5.97 Å². The van der Waals surface area contributed by atoms with Crippen molar-refractivity contribution in [3.8, 4) is 5.75 Å². The summed E-state index contributed by atoms with van der Waals surface area (Å²) in [5, 5.41) is 9.90. The highest BCUT2D eigenvalue weighted by atomic mass is 79.9. The zero-order valence-corrected chi connectivity index (χ0v) is 10.7. The van der Waals surface area contributed by atoms with E-state index in [-0.39, 0.29) is 6.42 Å². The van der Waals surface area contributed by atoms with Gasteiger partial charge in [0.15, 0.2) is 0 Å². The Labute approximate surface area is 102 Å². The maximum absolute atomic E-state index is 11.1. The van der Waals surface area contributed by atoms with Crippen LogP contribution in [-0.2, 0) is 9.53 Å². The maximum atomic E-state index is 11.1. The topological polar surface area (TPSA) is 55.8 Å². The first kappa shape index (κ1) is 13.0. The summed E-state index contributed by atoms with van der Waals surface area (Å²) in [6.07, 6.45) is -1.05. The van der Waals surface area contributed by atoms with E-state index in [4.69, 9.17) is 4.74 Å². The Morgan fingerprint density at radius 3 is 2.75 bits per heavy atom. The Morgan fingerprint density at radius 1 is 1.50 bits per heavy atom. The second kappa shape index (κ2) is 5.86. The molecule has 0 aliphatic rings. The molecule has 0 bridgehead atoms. The molecule has 1 N–H and O–H groups in total. The van der Waals surface area contributed by atoms with E-state index >= 15 is 0 Å². The summed E-state index contributed by atoms with van der Waals surface area (Å²) in [4.78, 5) is 11.1. The summed E-state index contributed by atoms with van der Waals surface area (Å²) >= 11 is 3.31. The minimum Gasteiger partial charge on any atom is -0.496 e. The van der Waals surface area contributed by atoms with Gasteiger partial charge in [0.2, 0.25) is 0 Å². The molecule has 0 radical (unpaired) electrons. The summed E-state index contributed by atoms with van der Waals surface area (Å²) in [5.74, 6) is 0.0658. The number of aliphatic hydroxyl groups excluding tert-OH is 1. The molecule has 1 rings (SSSR count). The Bertz CT molecular complexity index is 378. The average Bonchev–Trinajstić information content (AvgIpc) is 2.28. The summed E-state index contributed by atoms with van der Waals surface area (Å²) < 4.78 is 10.3. The standard InChI is InChI=1S/C11H13BrO4/c1-15-9-5-3-4-7(12)11(9)8(13)6-10(14)16-2/h3-5,8,13H,6H2,1-2H3/t8-/m0/s1. The summed E-state index contributed by atoms with van der Waals surface area (Å²) in [7, 11) is 2.79. The molecular formula is C11H13BrO4. The van der Waals surface area contributed by atoms with E-state index in [0.717, 1.165) is 0 Å². The van der Waals surface area contributed by atoms with Crippen molar-refractivity contribution in [2.45, 2.75) is 12.5 Å². The molecule has 4 nitrogen and oxygen atoms in total. The Balaban J connectivity index is 2.97. The van der Waals surface area contributed by atoms with Gasteiger partial charge in [-0.25, -0.2) is 0 Å². The van der Waals surface area contributed by atoms with Crippen molar-refractivity contribution < 1.29 is 19.4 Å². The number of aliphatic hydroxyl groups is 1. The fourth-order valence-corrected chi connectivity index (χ4v) is 1.97. The molecule has 0 spiro atoms. The van der Waals surface area contributed by atoms with Crippen LogP contribution in [-0.4, -0.2) is 25.3 Å². The number of hydrogen-bond acceptors (Lipinski definition) is 4. The maximum Gasteiger partial charge on any atom is 0.308 e. The van der Waals surface area contributed by atoms with Gasteiger partial charge in [-0.1, -0.05) is 22.0 Å². The van der Waals surface area contributed by atoms with Crippen LogP contribution in [0.5, 0.6) is 5.75 Å². The fourth-order valence-electron chi connectivity index (χ4n) is 1.36. The normalized spacial score (nSPS) is 12.0. The smallest absolute Gasteiger partial charge is 0.308 e. The highest BCUT2D eigenvalue weighted by molar-refractivity contribution is 9.10. The lowest BCUT2D eigenvalue weighted by atomic mass is 10.1. The van der Waals surface area contributed by atoms with Crippen LogP contribution >= 0.6 is 15.9 Å². The number of carbonyl (C=O) groups is 1. The van der Waals surface area contributed by atoms with Crippen molar-refractivity contribution in [3.05, 3.63) is 28.2 Å². The minimum absolute atomic E-state index is 0.102. The van der Waals surface area contributed by atoms with Crippen LogP contribution < -0.4 is 4.74 Å². The number of esters is 1. The number of methoxy groups -OCH3 is 2. The SMILES string of the molecule is COC(=O)C[C@H](O)c1c(Br)cccc1OC. The van der Waals surface area contributed by atoms with E-state index in [1.165, 1.54) is 14.2 Å². The largest absolute Gasteiger partial charge is 0.496 e. The van der Waals surface area contributed by atoms with Crippen molar-refractivity contribution in [2.24, 2.45) is 0 Å². The molecule has 1 atom stereocenters. The van der Waals surface area contributed by atoms with Crippen molar-refractivity contribution in [2.75, 3.05) is 14.2 Å². The second-order valence-electron chi connectivity index (χ2n) is 3.15. The highest BCUT2D eigenvalue weighted by Crippen LogP contribution is 2.33. The molecule has 16 heavy (non-hydrogen) atoms. The van der Waals surface area contributed by atoms with Crippen molar-refractivity contribution in [1.29, 1.82) is 0 Å². The van der Waals surface area contributed by atoms with Gasteiger partial charge in [-0.3, -0.25) is 4.79 Å². The van der Waals surface area contributed by atoms with Crippen LogP contribution in [0, 0.1) is 0 Å². The molecular weight excluding hydrogens is 276 g/mol. The number of benzene rings is 1. The van der Waals surface area contributed by atoms with Crippen LogP contribution in [0.3, 0.4) is 0 Å².